The number of hydrogen-bond donors (Lipinski definition) is 3. The second-order valence-corrected chi connectivity index (χ2v) is 9.08. The van der Waals surface area contributed by atoms with Gasteiger partial charge in [-0.25, -0.2) is 4.79 Å². The fourth-order valence-electron chi connectivity index (χ4n) is 3.20. The number of carboxylic acid groups (broad SMARTS) is 1. The lowest BCUT2D eigenvalue weighted by atomic mass is 10.0. The first-order chi connectivity index (χ1) is 18.1. The summed E-state index contributed by atoms with van der Waals surface area (Å²) >= 11 is 0. The molecule has 39 heavy (non-hydrogen) atoms. The summed E-state index contributed by atoms with van der Waals surface area (Å²) in [6.45, 7) is 8.28. The average molecular weight is 545 g/mol. The van der Waals surface area contributed by atoms with Crippen LogP contribution in [-0.4, -0.2) is 17.3 Å². The molecule has 0 spiro atoms. The van der Waals surface area contributed by atoms with Crippen LogP contribution in [0.25, 0.3) is 12.4 Å². The lowest BCUT2D eigenvalue weighted by Gasteiger charge is -2.06. The maximum absolute atomic E-state index is 12.5. The van der Waals surface area contributed by atoms with E-state index >= 15 is 0 Å². The number of carbonyl (C=O) groups is 1. The van der Waals surface area contributed by atoms with Crippen molar-refractivity contribution < 1.29 is 23.1 Å². The lowest BCUT2D eigenvalue weighted by molar-refractivity contribution is -0.192. The molecule has 206 valence electrons. The first-order valence-electron chi connectivity index (χ1n) is 11.7. The lowest BCUT2D eigenvalue weighted by Crippen LogP contribution is -2.64. The molecule has 0 bridgehead atoms. The van der Waals surface area contributed by atoms with Gasteiger partial charge in [0.05, 0.1) is 10.4 Å². The van der Waals surface area contributed by atoms with Gasteiger partial charge in [-0.05, 0) is 47.2 Å². The number of rotatable bonds is 6. The van der Waals surface area contributed by atoms with Crippen LogP contribution in [0.15, 0.2) is 67.7 Å². The van der Waals surface area contributed by atoms with E-state index in [9.17, 15) is 32.3 Å². The molecule has 0 aromatic heterocycles. The standard InChI is InChI=1S/C26H26N2O4.C2HF3O2/c1-15(2)17-5-9-19(10-6-17)27-13-21-23(29)25(31)22(26(32)24(21)30)14-28-20-11-7-18(8-12-20)16(3)4;3-2(4,5)1(6)7/h5-16,27-28H,1-4H3;(H,6,7). The summed E-state index contributed by atoms with van der Waals surface area (Å²) < 4.78 is 31.7. The van der Waals surface area contributed by atoms with Crippen LogP contribution in [-0.2, 0) is 4.79 Å². The molecule has 8 nitrogen and oxygen atoms in total. The second-order valence-electron chi connectivity index (χ2n) is 9.08. The van der Waals surface area contributed by atoms with Gasteiger partial charge in [0.15, 0.2) is 0 Å². The minimum atomic E-state index is -5.08. The van der Waals surface area contributed by atoms with Crippen LogP contribution >= 0.6 is 0 Å². The summed E-state index contributed by atoms with van der Waals surface area (Å²) in [6, 6.07) is 14.9. The Balaban J connectivity index is 0.000000673. The van der Waals surface area contributed by atoms with Crippen molar-refractivity contribution in [3.63, 3.8) is 0 Å². The zero-order valence-electron chi connectivity index (χ0n) is 21.6. The molecule has 0 heterocycles. The summed E-state index contributed by atoms with van der Waals surface area (Å²) in [4.78, 5) is 58.8. The number of carboxylic acids is 1. The zero-order chi connectivity index (χ0) is 29.5. The van der Waals surface area contributed by atoms with Gasteiger partial charge in [0, 0.05) is 23.8 Å². The molecular weight excluding hydrogens is 517 g/mol. The first-order valence-corrected chi connectivity index (χ1v) is 11.7. The summed E-state index contributed by atoms with van der Waals surface area (Å²) in [5, 5.41) is 11.8. The second kappa shape index (κ2) is 12.8. The number of anilines is 2. The largest absolute Gasteiger partial charge is 0.490 e. The fourth-order valence-corrected chi connectivity index (χ4v) is 3.20. The van der Waals surface area contributed by atoms with Crippen LogP contribution in [0, 0.1) is 0 Å². The summed E-state index contributed by atoms with van der Waals surface area (Å²) in [5.74, 6) is -2.02. The van der Waals surface area contributed by atoms with E-state index in [1.54, 1.807) is 24.3 Å². The van der Waals surface area contributed by atoms with Gasteiger partial charge >= 0.3 is 12.1 Å². The highest BCUT2D eigenvalue weighted by Crippen LogP contribution is 2.18. The Morgan fingerprint density at radius 1 is 0.667 bits per heavy atom. The number of halogens is 3. The summed E-state index contributed by atoms with van der Waals surface area (Å²) in [7, 11) is 0. The van der Waals surface area contributed by atoms with Crippen molar-refractivity contribution in [2.24, 2.45) is 0 Å². The van der Waals surface area contributed by atoms with Gasteiger partial charge < -0.3 is 15.7 Å². The summed E-state index contributed by atoms with van der Waals surface area (Å²) in [5.41, 5.74) is -0.495. The van der Waals surface area contributed by atoms with E-state index < -0.39 is 44.3 Å². The molecule has 0 fully saturated rings. The topological polar surface area (TPSA) is 130 Å². The van der Waals surface area contributed by atoms with Crippen molar-refractivity contribution in [1.82, 2.24) is 0 Å². The van der Waals surface area contributed by atoms with Crippen molar-refractivity contribution in [2.45, 2.75) is 45.7 Å². The maximum Gasteiger partial charge on any atom is 0.490 e. The van der Waals surface area contributed by atoms with Gasteiger partial charge in [0.25, 0.3) is 0 Å². The third-order valence-corrected chi connectivity index (χ3v) is 5.55. The number of aliphatic carboxylic acids is 1. The molecule has 0 aliphatic heterocycles. The Morgan fingerprint density at radius 2 is 0.923 bits per heavy atom. The van der Waals surface area contributed by atoms with Crippen LogP contribution in [0.5, 0.6) is 0 Å². The molecule has 0 unspecified atom stereocenters. The van der Waals surface area contributed by atoms with Crippen LogP contribution in [0.3, 0.4) is 0 Å². The van der Waals surface area contributed by atoms with Crippen molar-refractivity contribution in [3.8, 4) is 0 Å². The molecule has 0 amide bonds. The Labute approximate surface area is 220 Å². The average Bonchev–Trinajstić information content (AvgIpc) is 2.88. The van der Waals surface area contributed by atoms with Crippen molar-refractivity contribution in [2.75, 3.05) is 10.6 Å². The van der Waals surface area contributed by atoms with Crippen LogP contribution in [0.1, 0.15) is 50.7 Å². The van der Waals surface area contributed by atoms with E-state index in [-0.39, 0.29) is 0 Å². The van der Waals surface area contributed by atoms with E-state index in [2.05, 4.69) is 38.3 Å². The monoisotopic (exact) mass is 544 g/mol. The van der Waals surface area contributed by atoms with Crippen LogP contribution in [0.4, 0.5) is 24.5 Å². The SMILES string of the molecule is CC(C)c1ccc(NC=c2c(=O)c(=O)c(=CNc3ccc(C(C)C)cc3)c(=O)c2=O)cc1.O=C(O)C(F)(F)F. The molecule has 0 radical (unpaired) electrons. The Kier molecular flexibility index (Phi) is 10.1. The number of nitrogens with one attached hydrogen (secondary N) is 2. The molecular formula is C28H27F3N2O6. The minimum absolute atomic E-state index is 0.367. The molecule has 3 aromatic carbocycles. The van der Waals surface area contributed by atoms with Gasteiger partial charge in [0.1, 0.15) is 0 Å². The predicted molar refractivity (Wildman–Crippen MR) is 144 cm³/mol. The minimum Gasteiger partial charge on any atom is -0.475 e. The first kappa shape index (κ1) is 30.7. The Bertz CT molecular complexity index is 1470. The molecule has 3 aromatic rings. The number of hydrogen-bond acceptors (Lipinski definition) is 7. The molecule has 0 atom stereocenters. The highest BCUT2D eigenvalue weighted by Gasteiger charge is 2.38. The quantitative estimate of drug-likeness (QED) is 0.404. The fraction of sp³-hybridized carbons (Fsp3) is 0.250. The van der Waals surface area contributed by atoms with Crippen molar-refractivity contribution >= 4 is 29.7 Å². The third kappa shape index (κ3) is 8.22. The normalized spacial score (nSPS) is 11.0. The highest BCUT2D eigenvalue weighted by atomic mass is 19.4. The molecule has 0 saturated heterocycles. The van der Waals surface area contributed by atoms with Gasteiger partial charge in [0.2, 0.25) is 21.7 Å². The van der Waals surface area contributed by atoms with Crippen molar-refractivity contribution in [3.05, 3.63) is 111 Å². The van der Waals surface area contributed by atoms with E-state index in [1.165, 1.54) is 0 Å². The van der Waals surface area contributed by atoms with Crippen molar-refractivity contribution in [1.29, 1.82) is 0 Å². The molecule has 3 rings (SSSR count). The van der Waals surface area contributed by atoms with Gasteiger partial charge in [-0.3, -0.25) is 19.2 Å². The van der Waals surface area contributed by atoms with Gasteiger partial charge in [-0.1, -0.05) is 52.0 Å². The smallest absolute Gasteiger partial charge is 0.475 e. The Morgan fingerprint density at radius 3 is 1.13 bits per heavy atom. The van der Waals surface area contributed by atoms with E-state index in [0.717, 1.165) is 23.5 Å². The van der Waals surface area contributed by atoms with Crippen LogP contribution < -0.4 is 42.8 Å². The van der Waals surface area contributed by atoms with Crippen LogP contribution in [0.2, 0.25) is 0 Å². The zero-order valence-corrected chi connectivity index (χ0v) is 21.6. The molecule has 3 N–H and O–H groups in total. The maximum atomic E-state index is 12.5. The molecule has 0 aliphatic rings. The molecule has 0 aliphatic carbocycles. The highest BCUT2D eigenvalue weighted by molar-refractivity contribution is 5.73. The summed E-state index contributed by atoms with van der Waals surface area (Å²) in [6.07, 6.45) is -2.83. The third-order valence-electron chi connectivity index (χ3n) is 5.55. The van der Waals surface area contributed by atoms with E-state index in [4.69, 9.17) is 9.90 Å². The van der Waals surface area contributed by atoms with E-state index in [0.29, 0.717) is 23.2 Å². The molecule has 0 saturated carbocycles. The Hall–Kier alpha value is -4.54. The van der Waals surface area contributed by atoms with Gasteiger partial charge in [-0.15, -0.1) is 0 Å². The number of alkyl halides is 3. The predicted octanol–water partition coefficient (Wildman–Crippen LogP) is 2.58. The van der Waals surface area contributed by atoms with Gasteiger partial charge in [-0.2, -0.15) is 13.2 Å². The number of benzene rings is 3. The molecule has 11 heteroatoms. The van der Waals surface area contributed by atoms with E-state index in [1.807, 2.05) is 24.3 Å².